The van der Waals surface area contributed by atoms with Gasteiger partial charge in [0, 0.05) is 27.5 Å². The molecule has 0 unspecified atom stereocenters. The van der Waals surface area contributed by atoms with Gasteiger partial charge in [-0.15, -0.1) is 0 Å². The second-order valence-corrected chi connectivity index (χ2v) is 0.408. The van der Waals surface area contributed by atoms with E-state index >= 15 is 0 Å². The Morgan fingerprint density at radius 3 is 1.50 bits per heavy atom. The Morgan fingerprint density at radius 1 is 1.38 bits per heavy atom. The summed E-state index contributed by atoms with van der Waals surface area (Å²) >= 11 is 0. The molecule has 0 heterocycles. The van der Waals surface area contributed by atoms with Crippen LogP contribution in [-0.4, -0.2) is 0 Å². The van der Waals surface area contributed by atoms with Crippen molar-refractivity contribution in [1.82, 2.24) is 0 Å². The Hall–Kier alpha value is 0.468. The molecule has 0 aromatic rings. The number of nitrogens with zero attached hydrogens (tertiary/aromatic N) is 1. The van der Waals surface area contributed by atoms with Crippen LogP contribution in [0.25, 0.3) is 0 Å². The molecule has 0 aromatic carbocycles. The van der Waals surface area contributed by atoms with Crippen molar-refractivity contribution in [2.45, 2.75) is 21.3 Å². The molecule has 1 radical (unpaired) electrons. The Bertz CT molecular complexity index is 42.2. The summed E-state index contributed by atoms with van der Waals surface area (Å²) in [6.45, 7) is 3.24. The molecule has 0 aliphatic heterocycles. The van der Waals surface area contributed by atoms with Gasteiger partial charge in [0.15, 0.2) is 0 Å². The minimum atomic E-state index is 0. The van der Waals surface area contributed by atoms with Gasteiger partial charge < -0.3 is 12.4 Å². The molecule has 0 N–H and O–H groups in total. The van der Waals surface area contributed by atoms with Crippen molar-refractivity contribution in [2.24, 2.45) is 0 Å². The van der Waals surface area contributed by atoms with E-state index in [0.29, 0.717) is 6.42 Å². The fourth-order valence-corrected chi connectivity index (χ4v) is 0. The van der Waals surface area contributed by atoms with Crippen LogP contribution in [0.1, 0.15) is 21.3 Å². The molecule has 0 atom stereocenters. The molecule has 8 heavy (non-hydrogen) atoms. The monoisotopic (exact) mass is 316 g/mol. The molecule has 0 bridgehead atoms. The molecule has 0 saturated heterocycles. The predicted molar refractivity (Wildman–Crippen MR) is 29.0 cm³/mol. The maximum Gasteiger partial charge on any atom is 0.0621 e. The van der Waals surface area contributed by atoms with Crippen LogP contribution in [0.15, 0.2) is 0 Å². The summed E-state index contributed by atoms with van der Waals surface area (Å²) < 4.78 is 0. The zero-order valence-electron chi connectivity index (χ0n) is 3.06. The van der Waals surface area contributed by atoms with Crippen molar-refractivity contribution < 1.29 is 33.5 Å². The molecule has 0 aliphatic carbocycles. The summed E-state index contributed by atoms with van der Waals surface area (Å²) in [5, 5.41) is 7.56. The zero-order chi connectivity index (χ0) is 3.41. The molecule has 0 spiro atoms. The fraction of sp³-hybridized carbons (Fsp3) is 0.600. The van der Waals surface area contributed by atoms with Gasteiger partial charge in [-0.3, -0.25) is 0 Å². The van der Waals surface area contributed by atoms with E-state index in [4.69, 9.17) is 5.26 Å². The summed E-state index contributed by atoms with van der Waals surface area (Å²) in [6, 6.07) is 1.82. The largest absolute Gasteiger partial charge is 1.00 e. The molecular weight excluding hydrogens is 305 g/mol. The Labute approximate surface area is 73.1 Å². The van der Waals surface area contributed by atoms with E-state index in [1.165, 1.54) is 0 Å². The first-order chi connectivity index (χ1) is 1.91. The van der Waals surface area contributed by atoms with Crippen molar-refractivity contribution in [3.63, 3.8) is 0 Å². The van der Waals surface area contributed by atoms with Gasteiger partial charge >= 0.3 is 0 Å². The first kappa shape index (κ1) is 39.3. The van der Waals surface area contributed by atoms with Gasteiger partial charge in [0.25, 0.3) is 0 Å². The van der Waals surface area contributed by atoms with Crippen molar-refractivity contribution >= 4 is 0 Å². The van der Waals surface area contributed by atoms with Crippen molar-refractivity contribution in [2.75, 3.05) is 0 Å². The normalized spacial score (nSPS) is 2.50. The smallest absolute Gasteiger partial charge is 0.0621 e. The molecule has 0 rings (SSSR count). The number of nitriles is 1. The maximum atomic E-state index is 7.56. The number of halogens is 1. The van der Waals surface area contributed by atoms with E-state index < -0.39 is 0 Å². The van der Waals surface area contributed by atoms with E-state index in [0.717, 1.165) is 0 Å². The zero-order valence-corrected chi connectivity index (χ0v) is 6.08. The maximum absolute atomic E-state index is 7.56. The molecule has 3 heteroatoms. The standard InChI is InChI=1S/C3H4N.2CH4.ClH.Pt/c1-2-3-4;;;;/h1-2H2;2*1H4;1H;/p-1. The van der Waals surface area contributed by atoms with Gasteiger partial charge in [-0.05, 0) is 6.92 Å². The number of rotatable bonds is 0. The third-order valence-corrected chi connectivity index (χ3v) is 0.112. The predicted octanol–water partition coefficient (Wildman–Crippen LogP) is -0.992. The molecular formula is C5H12ClNPt-. The molecule has 0 saturated carbocycles. The van der Waals surface area contributed by atoms with Gasteiger partial charge in [-0.25, -0.2) is 0 Å². The van der Waals surface area contributed by atoms with Crippen LogP contribution in [0, 0.1) is 18.3 Å². The second kappa shape index (κ2) is 51.3. The van der Waals surface area contributed by atoms with E-state index in [1.807, 2.05) is 6.07 Å². The minimum Gasteiger partial charge on any atom is -1.00 e. The summed E-state index contributed by atoms with van der Waals surface area (Å²) in [5.74, 6) is 0. The molecule has 0 amide bonds. The van der Waals surface area contributed by atoms with Crippen LogP contribution in [0.2, 0.25) is 0 Å². The van der Waals surface area contributed by atoms with Crippen LogP contribution >= 0.6 is 0 Å². The van der Waals surface area contributed by atoms with Crippen LogP contribution in [0.3, 0.4) is 0 Å². The van der Waals surface area contributed by atoms with Crippen LogP contribution < -0.4 is 12.4 Å². The Morgan fingerprint density at radius 2 is 1.50 bits per heavy atom. The number of hydrogen-bond donors (Lipinski definition) is 0. The van der Waals surface area contributed by atoms with Crippen LogP contribution in [0.4, 0.5) is 0 Å². The Balaban J connectivity index is -0.00000000750. The summed E-state index contributed by atoms with van der Waals surface area (Å²) in [5.41, 5.74) is 0. The summed E-state index contributed by atoms with van der Waals surface area (Å²) in [6.07, 6.45) is 0.375. The van der Waals surface area contributed by atoms with E-state index in [2.05, 4.69) is 6.92 Å². The fourth-order valence-electron chi connectivity index (χ4n) is 0. The van der Waals surface area contributed by atoms with Crippen molar-refractivity contribution in [1.29, 1.82) is 5.26 Å². The van der Waals surface area contributed by atoms with Crippen molar-refractivity contribution in [3.8, 4) is 6.07 Å². The first-order valence-electron chi connectivity index (χ1n) is 1.08. The van der Waals surface area contributed by atoms with Crippen LogP contribution in [-0.2, 0) is 21.1 Å². The van der Waals surface area contributed by atoms with Gasteiger partial charge in [0.2, 0.25) is 0 Å². The van der Waals surface area contributed by atoms with E-state index in [1.54, 1.807) is 0 Å². The topological polar surface area (TPSA) is 23.8 Å². The van der Waals surface area contributed by atoms with E-state index in [-0.39, 0.29) is 48.3 Å². The van der Waals surface area contributed by atoms with Crippen molar-refractivity contribution in [3.05, 3.63) is 6.92 Å². The van der Waals surface area contributed by atoms with Gasteiger partial charge in [0.1, 0.15) is 0 Å². The summed E-state index contributed by atoms with van der Waals surface area (Å²) in [7, 11) is 0. The molecule has 0 aromatic heterocycles. The SMILES string of the molecule is C.C.[CH2]CC#N.[Cl-].[Pt]. The minimum absolute atomic E-state index is 0. The van der Waals surface area contributed by atoms with E-state index in [9.17, 15) is 0 Å². The summed E-state index contributed by atoms with van der Waals surface area (Å²) in [4.78, 5) is 0. The molecule has 0 fully saturated rings. The second-order valence-electron chi connectivity index (χ2n) is 0.408. The molecule has 1 nitrogen and oxygen atoms in total. The average Bonchev–Trinajstić information content (AvgIpc) is 1.37. The van der Waals surface area contributed by atoms with Gasteiger partial charge in [0.05, 0.1) is 6.07 Å². The quantitative estimate of drug-likeness (QED) is 0.563. The first-order valence-corrected chi connectivity index (χ1v) is 1.08. The van der Waals surface area contributed by atoms with Gasteiger partial charge in [-0.2, -0.15) is 5.26 Å². The number of hydrogen-bond acceptors (Lipinski definition) is 1. The molecule has 0 aliphatic rings. The third-order valence-electron chi connectivity index (χ3n) is 0.112. The molecule has 55 valence electrons. The third kappa shape index (κ3) is 89.7. The average molecular weight is 317 g/mol. The van der Waals surface area contributed by atoms with Gasteiger partial charge in [-0.1, -0.05) is 14.9 Å². The Kier molecular flexibility index (Phi) is 252. The van der Waals surface area contributed by atoms with Crippen LogP contribution in [0.5, 0.6) is 0 Å².